The zero-order valence-electron chi connectivity index (χ0n) is 15.2. The number of nitriles is 1. The molecule has 8 heteroatoms. The van der Waals surface area contributed by atoms with E-state index in [1.54, 1.807) is 25.4 Å². The van der Waals surface area contributed by atoms with E-state index in [2.05, 4.69) is 31.6 Å². The van der Waals surface area contributed by atoms with Crippen molar-refractivity contribution in [2.24, 2.45) is 5.92 Å². The normalized spacial score (nSPS) is 14.3. The van der Waals surface area contributed by atoms with Crippen LogP contribution < -0.4 is 20.3 Å². The lowest BCUT2D eigenvalue weighted by atomic mass is 9.97. The highest BCUT2D eigenvalue weighted by Crippen LogP contribution is 2.24. The quantitative estimate of drug-likeness (QED) is 0.842. The third-order valence-corrected chi connectivity index (χ3v) is 4.61. The van der Waals surface area contributed by atoms with Crippen LogP contribution in [0.25, 0.3) is 0 Å². The van der Waals surface area contributed by atoms with Crippen LogP contribution in [0.5, 0.6) is 5.75 Å². The topological polar surface area (TPSA) is 103 Å². The number of nitrogens with zero attached hydrogens (tertiary/aromatic N) is 4. The van der Waals surface area contributed by atoms with Gasteiger partial charge in [0.2, 0.25) is 0 Å². The Morgan fingerprint density at radius 3 is 2.78 bits per heavy atom. The summed E-state index contributed by atoms with van der Waals surface area (Å²) < 4.78 is 5.23. The van der Waals surface area contributed by atoms with Crippen molar-refractivity contribution < 1.29 is 9.53 Å². The standard InChI is InChI=1S/C19H22N6O2/c1-27-17-5-3-2-4-15(17)24-19(26)23-13-14-6-10-25(11-7-14)18-16(12-20)21-8-9-22-18/h2-5,8-9,14H,6-7,10-11,13H2,1H3,(H2,23,24,26). The minimum absolute atomic E-state index is 0.248. The largest absolute Gasteiger partial charge is 0.495 e. The Balaban J connectivity index is 1.47. The van der Waals surface area contributed by atoms with Crippen molar-refractivity contribution in [2.45, 2.75) is 12.8 Å². The molecule has 0 saturated carbocycles. The second-order valence-corrected chi connectivity index (χ2v) is 6.31. The summed E-state index contributed by atoms with van der Waals surface area (Å²) in [6.07, 6.45) is 4.96. The number of rotatable bonds is 5. The van der Waals surface area contributed by atoms with Gasteiger partial charge in [0.25, 0.3) is 0 Å². The SMILES string of the molecule is COc1ccccc1NC(=O)NCC1CCN(c2nccnc2C#N)CC1. The Kier molecular flexibility index (Phi) is 6.05. The van der Waals surface area contributed by atoms with Gasteiger partial charge in [0.15, 0.2) is 11.5 Å². The zero-order valence-corrected chi connectivity index (χ0v) is 15.2. The van der Waals surface area contributed by atoms with Crippen LogP contribution in [0.2, 0.25) is 0 Å². The number of ether oxygens (including phenoxy) is 1. The molecule has 0 aliphatic carbocycles. The zero-order chi connectivity index (χ0) is 19.1. The fraction of sp³-hybridized carbons (Fsp3) is 0.368. The van der Waals surface area contributed by atoms with Crippen LogP contribution in [0.1, 0.15) is 18.5 Å². The molecule has 27 heavy (non-hydrogen) atoms. The lowest BCUT2D eigenvalue weighted by Gasteiger charge is -2.32. The Labute approximate surface area is 158 Å². The summed E-state index contributed by atoms with van der Waals surface area (Å²) in [6.45, 7) is 2.17. The van der Waals surface area contributed by atoms with E-state index in [0.29, 0.717) is 35.4 Å². The first-order valence-corrected chi connectivity index (χ1v) is 8.85. The molecule has 8 nitrogen and oxygen atoms in total. The molecule has 0 bridgehead atoms. The fourth-order valence-electron chi connectivity index (χ4n) is 3.14. The monoisotopic (exact) mass is 366 g/mol. The molecule has 1 aliphatic rings. The smallest absolute Gasteiger partial charge is 0.319 e. The average Bonchev–Trinajstić information content (AvgIpc) is 2.73. The molecule has 140 valence electrons. The first-order chi connectivity index (χ1) is 13.2. The van der Waals surface area contributed by atoms with Gasteiger partial charge in [-0.25, -0.2) is 14.8 Å². The minimum Gasteiger partial charge on any atom is -0.495 e. The number of aromatic nitrogens is 2. The predicted molar refractivity (Wildman–Crippen MR) is 102 cm³/mol. The van der Waals surface area contributed by atoms with E-state index in [1.807, 2.05) is 12.1 Å². The maximum absolute atomic E-state index is 12.2. The van der Waals surface area contributed by atoms with E-state index in [9.17, 15) is 4.79 Å². The van der Waals surface area contributed by atoms with Crippen molar-refractivity contribution in [2.75, 3.05) is 37.0 Å². The second kappa shape index (κ2) is 8.85. The maximum Gasteiger partial charge on any atom is 0.319 e. The van der Waals surface area contributed by atoms with Crippen LogP contribution in [-0.2, 0) is 0 Å². The highest BCUT2D eigenvalue weighted by atomic mass is 16.5. The molecule has 1 saturated heterocycles. The van der Waals surface area contributed by atoms with Crippen LogP contribution in [0.15, 0.2) is 36.7 Å². The summed E-state index contributed by atoms with van der Waals surface area (Å²) in [5.41, 5.74) is 0.990. The van der Waals surface area contributed by atoms with E-state index in [0.717, 1.165) is 25.9 Å². The highest BCUT2D eigenvalue weighted by Gasteiger charge is 2.22. The maximum atomic E-state index is 12.2. The number of piperidine rings is 1. The van der Waals surface area contributed by atoms with Gasteiger partial charge in [-0.1, -0.05) is 12.1 Å². The molecule has 0 unspecified atom stereocenters. The highest BCUT2D eigenvalue weighted by molar-refractivity contribution is 5.90. The third kappa shape index (κ3) is 4.64. The number of benzene rings is 1. The Bertz CT molecular complexity index is 827. The molecule has 2 amide bonds. The summed E-state index contributed by atoms with van der Waals surface area (Å²) >= 11 is 0. The van der Waals surface area contributed by atoms with Gasteiger partial charge in [-0.3, -0.25) is 0 Å². The van der Waals surface area contributed by atoms with Gasteiger partial charge in [-0.2, -0.15) is 5.26 Å². The molecule has 2 N–H and O–H groups in total. The molecule has 0 atom stereocenters. The number of hydrogen-bond acceptors (Lipinski definition) is 6. The molecule has 1 aromatic heterocycles. The van der Waals surface area contributed by atoms with Gasteiger partial charge in [-0.05, 0) is 30.9 Å². The van der Waals surface area contributed by atoms with E-state index < -0.39 is 0 Å². The van der Waals surface area contributed by atoms with Crippen molar-refractivity contribution in [3.8, 4) is 11.8 Å². The lowest BCUT2D eigenvalue weighted by molar-refractivity contribution is 0.248. The van der Waals surface area contributed by atoms with Crippen LogP contribution in [-0.4, -0.2) is 42.7 Å². The Hall–Kier alpha value is -3.34. The van der Waals surface area contributed by atoms with Gasteiger partial charge in [0, 0.05) is 32.0 Å². The number of nitrogens with one attached hydrogen (secondary N) is 2. The number of para-hydroxylation sites is 2. The van der Waals surface area contributed by atoms with Gasteiger partial charge in [0.1, 0.15) is 11.8 Å². The number of carbonyl (C=O) groups excluding carboxylic acids is 1. The summed E-state index contributed by atoms with van der Waals surface area (Å²) in [6, 6.07) is 9.13. The molecular weight excluding hydrogens is 344 g/mol. The summed E-state index contributed by atoms with van der Waals surface area (Å²) in [5, 5.41) is 14.9. The average molecular weight is 366 g/mol. The van der Waals surface area contributed by atoms with Crippen molar-refractivity contribution in [1.82, 2.24) is 15.3 Å². The minimum atomic E-state index is -0.248. The molecule has 1 aliphatic heterocycles. The number of methoxy groups -OCH3 is 1. The Morgan fingerprint density at radius 2 is 2.04 bits per heavy atom. The summed E-state index contributed by atoms with van der Waals surface area (Å²) in [4.78, 5) is 22.6. The van der Waals surface area contributed by atoms with Gasteiger partial charge >= 0.3 is 6.03 Å². The molecule has 0 radical (unpaired) electrons. The molecular formula is C19H22N6O2. The predicted octanol–water partition coefficient (Wildman–Crippen LogP) is 2.39. The van der Waals surface area contributed by atoms with Crippen molar-refractivity contribution in [1.29, 1.82) is 5.26 Å². The fourth-order valence-corrected chi connectivity index (χ4v) is 3.14. The summed E-state index contributed by atoms with van der Waals surface area (Å²) in [5.74, 6) is 1.64. The van der Waals surface area contributed by atoms with Crippen molar-refractivity contribution in [3.63, 3.8) is 0 Å². The number of anilines is 2. The van der Waals surface area contributed by atoms with Gasteiger partial charge in [0.05, 0.1) is 12.8 Å². The molecule has 2 aromatic rings. The van der Waals surface area contributed by atoms with Crippen molar-refractivity contribution >= 4 is 17.5 Å². The molecule has 2 heterocycles. The molecule has 1 fully saturated rings. The summed E-state index contributed by atoms with van der Waals surface area (Å²) in [7, 11) is 1.57. The molecule has 3 rings (SSSR count). The van der Waals surface area contributed by atoms with E-state index in [-0.39, 0.29) is 6.03 Å². The van der Waals surface area contributed by atoms with Crippen molar-refractivity contribution in [3.05, 3.63) is 42.4 Å². The van der Waals surface area contributed by atoms with Gasteiger partial charge in [-0.15, -0.1) is 0 Å². The van der Waals surface area contributed by atoms with E-state index in [1.165, 1.54) is 6.20 Å². The lowest BCUT2D eigenvalue weighted by Crippen LogP contribution is -2.40. The number of carbonyl (C=O) groups is 1. The van der Waals surface area contributed by atoms with E-state index in [4.69, 9.17) is 10.00 Å². The second-order valence-electron chi connectivity index (χ2n) is 6.31. The number of hydrogen-bond donors (Lipinski definition) is 2. The van der Waals surface area contributed by atoms with Gasteiger partial charge < -0.3 is 20.3 Å². The molecule has 1 aromatic carbocycles. The number of amides is 2. The van der Waals surface area contributed by atoms with Crippen LogP contribution >= 0.6 is 0 Å². The third-order valence-electron chi connectivity index (χ3n) is 4.61. The van der Waals surface area contributed by atoms with Crippen LogP contribution in [0.3, 0.4) is 0 Å². The first kappa shape index (κ1) is 18.5. The first-order valence-electron chi connectivity index (χ1n) is 8.85. The molecule has 0 spiro atoms. The van der Waals surface area contributed by atoms with Crippen LogP contribution in [0, 0.1) is 17.2 Å². The van der Waals surface area contributed by atoms with Crippen LogP contribution in [0.4, 0.5) is 16.3 Å². The Morgan fingerprint density at radius 1 is 1.30 bits per heavy atom. The number of urea groups is 1. The van der Waals surface area contributed by atoms with E-state index >= 15 is 0 Å².